The number of para-hydroxylation sites is 1. The Labute approximate surface area is 141 Å². The van der Waals surface area contributed by atoms with Gasteiger partial charge in [-0.1, -0.05) is 23.9 Å². The Morgan fingerprint density at radius 3 is 3.00 bits per heavy atom. The summed E-state index contributed by atoms with van der Waals surface area (Å²) < 4.78 is 0.981. The molecule has 3 aromatic rings. The van der Waals surface area contributed by atoms with Crippen LogP contribution in [0.1, 0.15) is 12.5 Å². The lowest BCUT2D eigenvalue weighted by Gasteiger charge is -2.12. The summed E-state index contributed by atoms with van der Waals surface area (Å²) in [5, 5.41) is 14.3. The van der Waals surface area contributed by atoms with Gasteiger partial charge in [0.15, 0.2) is 0 Å². The zero-order valence-electron chi connectivity index (χ0n) is 12.2. The van der Waals surface area contributed by atoms with Crippen LogP contribution in [0, 0.1) is 11.3 Å². The lowest BCUT2D eigenvalue weighted by Crippen LogP contribution is -2.23. The molecule has 1 aromatic carbocycles. The van der Waals surface area contributed by atoms with Gasteiger partial charge in [0, 0.05) is 0 Å². The van der Waals surface area contributed by atoms with Gasteiger partial charge in [-0.15, -0.1) is 11.3 Å². The van der Waals surface area contributed by atoms with Crippen LogP contribution in [0.5, 0.6) is 0 Å². The highest BCUT2D eigenvalue weighted by Crippen LogP contribution is 2.31. The third kappa shape index (κ3) is 3.33. The second kappa shape index (κ2) is 6.77. The Hall–Kier alpha value is -2.43. The number of nitrogens with zero attached hydrogens (tertiary/aromatic N) is 3. The summed E-state index contributed by atoms with van der Waals surface area (Å²) in [6, 6.07) is 10.9. The Kier molecular flexibility index (Phi) is 4.55. The molecule has 3 rings (SSSR count). The number of hydrogen-bond donors (Lipinski definition) is 1. The molecule has 1 amide bonds. The van der Waals surface area contributed by atoms with E-state index in [4.69, 9.17) is 5.26 Å². The van der Waals surface area contributed by atoms with Crippen LogP contribution in [0.4, 0.5) is 5.69 Å². The van der Waals surface area contributed by atoms with E-state index in [0.29, 0.717) is 11.3 Å². The molecule has 2 heterocycles. The smallest absolute Gasteiger partial charge is 0.237 e. The molecule has 5 nitrogen and oxygen atoms in total. The van der Waals surface area contributed by atoms with Crippen LogP contribution in [0.15, 0.2) is 47.1 Å². The molecule has 0 saturated carbocycles. The summed E-state index contributed by atoms with van der Waals surface area (Å²) in [5.74, 6) is -0.166. The number of thioether (sulfide) groups is 1. The molecule has 2 aromatic heterocycles. The van der Waals surface area contributed by atoms with Crippen LogP contribution in [0.2, 0.25) is 0 Å². The van der Waals surface area contributed by atoms with E-state index in [2.05, 4.69) is 21.4 Å². The first-order chi connectivity index (χ1) is 11.2. The summed E-state index contributed by atoms with van der Waals surface area (Å²) in [7, 11) is 0. The van der Waals surface area contributed by atoms with Crippen LogP contribution >= 0.6 is 23.1 Å². The summed E-state index contributed by atoms with van der Waals surface area (Å²) in [5.41, 5.74) is 1.85. The third-order valence-electron chi connectivity index (χ3n) is 3.17. The Morgan fingerprint density at radius 1 is 1.35 bits per heavy atom. The van der Waals surface area contributed by atoms with Crippen molar-refractivity contribution in [1.29, 1.82) is 5.26 Å². The number of benzene rings is 1. The normalized spacial score (nSPS) is 11.8. The maximum atomic E-state index is 12.4. The van der Waals surface area contributed by atoms with E-state index in [9.17, 15) is 4.79 Å². The van der Waals surface area contributed by atoms with Gasteiger partial charge in [-0.3, -0.25) is 4.79 Å². The van der Waals surface area contributed by atoms with Gasteiger partial charge in [0.25, 0.3) is 0 Å². The van der Waals surface area contributed by atoms with Crippen molar-refractivity contribution >= 4 is 44.9 Å². The Morgan fingerprint density at radius 2 is 2.17 bits per heavy atom. The molecular formula is C16H12N4OS2. The molecule has 7 heteroatoms. The van der Waals surface area contributed by atoms with Crippen LogP contribution in [-0.4, -0.2) is 21.1 Å². The molecule has 23 heavy (non-hydrogen) atoms. The minimum absolute atomic E-state index is 0.166. The van der Waals surface area contributed by atoms with Crippen molar-refractivity contribution < 1.29 is 4.79 Å². The lowest BCUT2D eigenvalue weighted by molar-refractivity contribution is -0.115. The average molecular weight is 340 g/mol. The molecular weight excluding hydrogens is 328 g/mol. The topological polar surface area (TPSA) is 78.7 Å². The van der Waals surface area contributed by atoms with E-state index in [0.717, 1.165) is 15.2 Å². The van der Waals surface area contributed by atoms with Gasteiger partial charge < -0.3 is 5.32 Å². The number of hydrogen-bond acceptors (Lipinski definition) is 6. The predicted octanol–water partition coefficient (Wildman–Crippen LogP) is 3.68. The van der Waals surface area contributed by atoms with Crippen LogP contribution in [0.25, 0.3) is 10.2 Å². The van der Waals surface area contributed by atoms with Crippen molar-refractivity contribution in [1.82, 2.24) is 9.97 Å². The number of carbonyl (C=O) groups is 1. The third-order valence-corrected chi connectivity index (χ3v) is 5.31. The first kappa shape index (κ1) is 15.5. The molecule has 1 N–H and O–H groups in total. The highest BCUT2D eigenvalue weighted by atomic mass is 32.2. The van der Waals surface area contributed by atoms with E-state index in [1.165, 1.54) is 18.1 Å². The highest BCUT2D eigenvalue weighted by molar-refractivity contribution is 8.00. The van der Waals surface area contributed by atoms with Gasteiger partial charge in [-0.2, -0.15) is 5.26 Å². The van der Waals surface area contributed by atoms with Crippen molar-refractivity contribution in [3.63, 3.8) is 0 Å². The summed E-state index contributed by atoms with van der Waals surface area (Å²) in [6.45, 7) is 1.82. The predicted molar refractivity (Wildman–Crippen MR) is 92.5 cm³/mol. The second-order valence-corrected chi connectivity index (χ2v) is 6.97. The standard InChI is InChI=1S/C16H12N4OS2/c1-10(15(21)20-12-5-3-2-4-11(12)8-17)23-16-14-13(6-7-22-14)18-9-19-16/h2-7,9-10H,1H3,(H,20,21)/t10-/m0/s1. The van der Waals surface area contributed by atoms with Crippen molar-refractivity contribution in [2.24, 2.45) is 0 Å². The van der Waals surface area contributed by atoms with E-state index < -0.39 is 0 Å². The molecule has 0 saturated heterocycles. The van der Waals surface area contributed by atoms with Gasteiger partial charge in [-0.25, -0.2) is 9.97 Å². The van der Waals surface area contributed by atoms with E-state index in [1.807, 2.05) is 18.4 Å². The van der Waals surface area contributed by atoms with Crippen LogP contribution in [0.3, 0.4) is 0 Å². The van der Waals surface area contributed by atoms with E-state index in [-0.39, 0.29) is 11.2 Å². The van der Waals surface area contributed by atoms with Gasteiger partial charge in [-0.05, 0) is 30.5 Å². The molecule has 0 aliphatic heterocycles. The number of fused-ring (bicyclic) bond motifs is 1. The summed E-state index contributed by atoms with van der Waals surface area (Å²) in [6.07, 6.45) is 1.51. The zero-order valence-corrected chi connectivity index (χ0v) is 13.8. The van der Waals surface area contributed by atoms with Gasteiger partial charge >= 0.3 is 0 Å². The fourth-order valence-corrected chi connectivity index (χ4v) is 3.83. The number of nitrogens with one attached hydrogen (secondary N) is 1. The Bertz CT molecular complexity index is 900. The van der Waals surface area contributed by atoms with Gasteiger partial charge in [0.2, 0.25) is 5.91 Å². The fourth-order valence-electron chi connectivity index (χ4n) is 2.00. The number of anilines is 1. The largest absolute Gasteiger partial charge is 0.324 e. The van der Waals surface area contributed by atoms with E-state index >= 15 is 0 Å². The molecule has 0 bridgehead atoms. The number of thiophene rings is 1. The van der Waals surface area contributed by atoms with Crippen molar-refractivity contribution in [3.8, 4) is 6.07 Å². The molecule has 0 radical (unpaired) electrons. The fraction of sp³-hybridized carbons (Fsp3) is 0.125. The Balaban J connectivity index is 1.75. The number of rotatable bonds is 4. The molecule has 114 valence electrons. The number of aromatic nitrogens is 2. The number of amides is 1. The first-order valence-electron chi connectivity index (χ1n) is 6.84. The zero-order chi connectivity index (χ0) is 16.2. The number of nitriles is 1. The highest BCUT2D eigenvalue weighted by Gasteiger charge is 2.18. The monoisotopic (exact) mass is 340 g/mol. The van der Waals surface area contributed by atoms with Crippen molar-refractivity contribution in [2.75, 3.05) is 5.32 Å². The van der Waals surface area contributed by atoms with E-state index in [1.54, 1.807) is 35.6 Å². The molecule has 0 fully saturated rings. The molecule has 0 aliphatic carbocycles. The molecule has 1 atom stereocenters. The average Bonchev–Trinajstić information content (AvgIpc) is 3.05. The summed E-state index contributed by atoms with van der Waals surface area (Å²) in [4.78, 5) is 20.8. The van der Waals surface area contributed by atoms with Crippen molar-refractivity contribution in [3.05, 3.63) is 47.6 Å². The SMILES string of the molecule is C[C@H](Sc1ncnc2ccsc12)C(=O)Nc1ccccc1C#N. The van der Waals surface area contributed by atoms with Crippen molar-refractivity contribution in [2.45, 2.75) is 17.2 Å². The maximum Gasteiger partial charge on any atom is 0.237 e. The van der Waals surface area contributed by atoms with Crippen LogP contribution in [-0.2, 0) is 4.79 Å². The maximum absolute atomic E-state index is 12.4. The van der Waals surface area contributed by atoms with Crippen LogP contribution < -0.4 is 5.32 Å². The first-order valence-corrected chi connectivity index (χ1v) is 8.60. The molecule has 0 spiro atoms. The second-order valence-electron chi connectivity index (χ2n) is 4.72. The lowest BCUT2D eigenvalue weighted by atomic mass is 10.2. The minimum atomic E-state index is -0.345. The number of carbonyl (C=O) groups excluding carboxylic acids is 1. The summed E-state index contributed by atoms with van der Waals surface area (Å²) >= 11 is 2.94. The molecule has 0 aliphatic rings. The quantitative estimate of drug-likeness (QED) is 0.579. The molecule has 0 unspecified atom stereocenters. The van der Waals surface area contributed by atoms with Gasteiger partial charge in [0.05, 0.1) is 26.7 Å². The minimum Gasteiger partial charge on any atom is -0.324 e. The van der Waals surface area contributed by atoms with Gasteiger partial charge in [0.1, 0.15) is 17.4 Å².